The third-order valence-electron chi connectivity index (χ3n) is 4.43. The van der Waals surface area contributed by atoms with Crippen molar-refractivity contribution >= 4 is 5.91 Å². The van der Waals surface area contributed by atoms with Gasteiger partial charge in [-0.3, -0.25) is 4.79 Å². The van der Waals surface area contributed by atoms with Gasteiger partial charge < -0.3 is 11.1 Å². The zero-order valence-corrected chi connectivity index (χ0v) is 12.3. The van der Waals surface area contributed by atoms with Crippen molar-refractivity contribution in [3.8, 4) is 0 Å². The summed E-state index contributed by atoms with van der Waals surface area (Å²) in [4.78, 5) is 12.3. The van der Waals surface area contributed by atoms with Gasteiger partial charge in [-0.25, -0.2) is 0 Å². The quantitative estimate of drug-likeness (QED) is 0.866. The number of hydrogen-bond acceptors (Lipinski definition) is 2. The van der Waals surface area contributed by atoms with E-state index in [-0.39, 0.29) is 11.9 Å². The number of hydrogen-bond donors (Lipinski definition) is 2. The first-order valence-electron chi connectivity index (χ1n) is 7.83. The minimum atomic E-state index is -0.561. The van der Waals surface area contributed by atoms with Gasteiger partial charge in [-0.15, -0.1) is 0 Å². The molecular weight excluding hydrogens is 248 g/mol. The monoisotopic (exact) mass is 274 g/mol. The molecule has 1 fully saturated rings. The van der Waals surface area contributed by atoms with Crippen molar-refractivity contribution < 1.29 is 4.79 Å². The minimum absolute atomic E-state index is 0.0476. The Morgan fingerprint density at radius 3 is 2.50 bits per heavy atom. The van der Waals surface area contributed by atoms with Crippen molar-refractivity contribution in [1.82, 2.24) is 5.32 Å². The van der Waals surface area contributed by atoms with Crippen LogP contribution in [0.1, 0.15) is 57.1 Å². The highest BCUT2D eigenvalue weighted by Gasteiger charge is 2.25. The molecule has 0 aromatic heterocycles. The van der Waals surface area contributed by atoms with E-state index in [1.807, 2.05) is 30.3 Å². The summed E-state index contributed by atoms with van der Waals surface area (Å²) in [6.45, 7) is 2.15. The standard InChI is InChI=1S/C17H26N2O/c1-2-15(13-9-5-3-6-10-13)19-17(20)16(18)14-11-7-4-8-12-14/h4,7-8,11-13,15-16H,2-3,5-6,9-10,18H2,1H3,(H,19,20)/t15?,16-/m0/s1. The van der Waals surface area contributed by atoms with Crippen LogP contribution in [0.15, 0.2) is 30.3 Å². The molecule has 110 valence electrons. The third-order valence-corrected chi connectivity index (χ3v) is 4.43. The van der Waals surface area contributed by atoms with Crippen molar-refractivity contribution in [3.05, 3.63) is 35.9 Å². The second-order valence-corrected chi connectivity index (χ2v) is 5.81. The number of rotatable bonds is 5. The topological polar surface area (TPSA) is 55.1 Å². The highest BCUT2D eigenvalue weighted by atomic mass is 16.2. The Bertz CT molecular complexity index is 412. The molecule has 2 rings (SSSR count). The van der Waals surface area contributed by atoms with Crippen molar-refractivity contribution in [3.63, 3.8) is 0 Å². The molecule has 0 heterocycles. The summed E-state index contributed by atoms with van der Waals surface area (Å²) in [5, 5.41) is 3.17. The van der Waals surface area contributed by atoms with Crippen LogP contribution in [0.3, 0.4) is 0 Å². The minimum Gasteiger partial charge on any atom is -0.351 e. The van der Waals surface area contributed by atoms with Crippen molar-refractivity contribution in [2.75, 3.05) is 0 Å². The van der Waals surface area contributed by atoms with Crippen LogP contribution in [0.25, 0.3) is 0 Å². The van der Waals surface area contributed by atoms with Gasteiger partial charge in [0, 0.05) is 6.04 Å². The lowest BCUT2D eigenvalue weighted by molar-refractivity contribution is -0.123. The maximum atomic E-state index is 12.3. The fourth-order valence-electron chi connectivity index (χ4n) is 3.17. The van der Waals surface area contributed by atoms with Gasteiger partial charge in [-0.1, -0.05) is 56.5 Å². The van der Waals surface area contributed by atoms with Crippen molar-refractivity contribution in [2.24, 2.45) is 11.7 Å². The molecule has 1 aliphatic carbocycles. The number of benzene rings is 1. The van der Waals surface area contributed by atoms with E-state index < -0.39 is 6.04 Å². The van der Waals surface area contributed by atoms with E-state index in [9.17, 15) is 4.79 Å². The van der Waals surface area contributed by atoms with Crippen LogP contribution in [-0.4, -0.2) is 11.9 Å². The van der Waals surface area contributed by atoms with E-state index in [2.05, 4.69) is 12.2 Å². The first kappa shape index (κ1) is 15.0. The molecule has 1 aliphatic rings. The fourth-order valence-corrected chi connectivity index (χ4v) is 3.17. The van der Waals surface area contributed by atoms with Crippen LogP contribution in [0, 0.1) is 5.92 Å². The van der Waals surface area contributed by atoms with E-state index in [0.29, 0.717) is 5.92 Å². The van der Waals surface area contributed by atoms with Gasteiger partial charge in [0.05, 0.1) is 0 Å². The van der Waals surface area contributed by atoms with Gasteiger partial charge in [0.25, 0.3) is 0 Å². The van der Waals surface area contributed by atoms with Crippen molar-refractivity contribution in [2.45, 2.75) is 57.5 Å². The fraction of sp³-hybridized carbons (Fsp3) is 0.588. The zero-order chi connectivity index (χ0) is 14.4. The maximum Gasteiger partial charge on any atom is 0.241 e. The van der Waals surface area contributed by atoms with E-state index in [1.165, 1.54) is 32.1 Å². The first-order valence-corrected chi connectivity index (χ1v) is 7.83. The Morgan fingerprint density at radius 2 is 1.90 bits per heavy atom. The third kappa shape index (κ3) is 3.83. The Balaban J connectivity index is 1.94. The molecule has 1 aromatic carbocycles. The summed E-state index contributed by atoms with van der Waals surface area (Å²) in [6, 6.07) is 9.30. The van der Waals surface area contributed by atoms with Gasteiger partial charge >= 0.3 is 0 Å². The Labute approximate surface area is 121 Å². The lowest BCUT2D eigenvalue weighted by atomic mass is 9.83. The van der Waals surface area contributed by atoms with E-state index in [0.717, 1.165) is 12.0 Å². The van der Waals surface area contributed by atoms with Crippen LogP contribution >= 0.6 is 0 Å². The maximum absolute atomic E-state index is 12.3. The van der Waals surface area contributed by atoms with E-state index in [4.69, 9.17) is 5.73 Å². The zero-order valence-electron chi connectivity index (χ0n) is 12.3. The molecule has 0 bridgehead atoms. The largest absolute Gasteiger partial charge is 0.351 e. The second kappa shape index (κ2) is 7.44. The van der Waals surface area contributed by atoms with Crippen LogP contribution < -0.4 is 11.1 Å². The smallest absolute Gasteiger partial charge is 0.241 e. The SMILES string of the molecule is CCC(NC(=O)[C@@H](N)c1ccccc1)C1CCCCC1. The average Bonchev–Trinajstić information content (AvgIpc) is 2.53. The summed E-state index contributed by atoms with van der Waals surface area (Å²) < 4.78 is 0. The molecule has 1 unspecified atom stereocenters. The van der Waals surface area contributed by atoms with E-state index in [1.54, 1.807) is 0 Å². The summed E-state index contributed by atoms with van der Waals surface area (Å²) in [7, 11) is 0. The number of nitrogens with two attached hydrogens (primary N) is 1. The predicted molar refractivity (Wildman–Crippen MR) is 82.2 cm³/mol. The highest BCUT2D eigenvalue weighted by Crippen LogP contribution is 2.28. The second-order valence-electron chi connectivity index (χ2n) is 5.81. The number of carbonyl (C=O) groups is 1. The van der Waals surface area contributed by atoms with Gasteiger partial charge in [-0.2, -0.15) is 0 Å². The van der Waals surface area contributed by atoms with Crippen LogP contribution in [0.2, 0.25) is 0 Å². The average molecular weight is 274 g/mol. The molecule has 0 spiro atoms. The summed E-state index contributed by atoms with van der Waals surface area (Å²) in [5.41, 5.74) is 6.94. The molecule has 1 aromatic rings. The molecule has 3 nitrogen and oxygen atoms in total. The molecule has 3 N–H and O–H groups in total. The van der Waals surface area contributed by atoms with Gasteiger partial charge in [0.1, 0.15) is 6.04 Å². The van der Waals surface area contributed by atoms with Gasteiger partial charge in [0.2, 0.25) is 5.91 Å². The Morgan fingerprint density at radius 1 is 1.25 bits per heavy atom. The molecule has 1 saturated carbocycles. The molecule has 20 heavy (non-hydrogen) atoms. The Kier molecular flexibility index (Phi) is 5.60. The van der Waals surface area contributed by atoms with Crippen LogP contribution in [-0.2, 0) is 4.79 Å². The van der Waals surface area contributed by atoms with Gasteiger partial charge in [0.15, 0.2) is 0 Å². The summed E-state index contributed by atoms with van der Waals surface area (Å²) in [5.74, 6) is 0.578. The van der Waals surface area contributed by atoms with Crippen LogP contribution in [0.5, 0.6) is 0 Å². The first-order chi connectivity index (χ1) is 9.72. The highest BCUT2D eigenvalue weighted by molar-refractivity contribution is 5.83. The van der Waals surface area contributed by atoms with Gasteiger partial charge in [-0.05, 0) is 30.7 Å². The number of carbonyl (C=O) groups excluding carboxylic acids is 1. The Hall–Kier alpha value is -1.35. The molecular formula is C17H26N2O. The summed E-state index contributed by atoms with van der Waals surface area (Å²) in [6.07, 6.45) is 7.38. The van der Waals surface area contributed by atoms with E-state index >= 15 is 0 Å². The number of nitrogens with one attached hydrogen (secondary N) is 1. The molecule has 1 amide bonds. The number of amides is 1. The molecule has 0 aliphatic heterocycles. The lowest BCUT2D eigenvalue weighted by Gasteiger charge is -2.31. The normalized spacial score (nSPS) is 19.3. The van der Waals surface area contributed by atoms with Crippen molar-refractivity contribution in [1.29, 1.82) is 0 Å². The molecule has 2 atom stereocenters. The molecule has 0 radical (unpaired) electrons. The summed E-state index contributed by atoms with van der Waals surface area (Å²) >= 11 is 0. The predicted octanol–water partition coefficient (Wildman–Crippen LogP) is 3.16. The van der Waals surface area contributed by atoms with Crippen LogP contribution in [0.4, 0.5) is 0 Å². The molecule has 0 saturated heterocycles. The lowest BCUT2D eigenvalue weighted by Crippen LogP contribution is -2.44. The molecule has 3 heteroatoms.